The van der Waals surface area contributed by atoms with E-state index in [0.29, 0.717) is 12.2 Å². The highest BCUT2D eigenvalue weighted by molar-refractivity contribution is 5.86. The summed E-state index contributed by atoms with van der Waals surface area (Å²) in [6.45, 7) is 9.52. The summed E-state index contributed by atoms with van der Waals surface area (Å²) in [6.07, 6.45) is 5.03. The van der Waals surface area contributed by atoms with Crippen LogP contribution in [0, 0.1) is 0 Å². The fourth-order valence-corrected chi connectivity index (χ4v) is 1.14. The molecule has 0 aliphatic carbocycles. The molecule has 0 saturated heterocycles. The van der Waals surface area contributed by atoms with Crippen LogP contribution in [-0.2, 0) is 9.53 Å². The Kier molecular flexibility index (Phi) is 9.18. The lowest BCUT2D eigenvalue weighted by Gasteiger charge is -2.05. The van der Waals surface area contributed by atoms with Gasteiger partial charge in [-0.2, -0.15) is 0 Å². The summed E-state index contributed by atoms with van der Waals surface area (Å²) in [4.78, 5) is 11.0. The molecular formula is C12H23NO2. The molecule has 88 valence electrons. The van der Waals surface area contributed by atoms with Crippen LogP contribution in [0.5, 0.6) is 0 Å². The largest absolute Gasteiger partial charge is 0.461 e. The fourth-order valence-electron chi connectivity index (χ4n) is 1.14. The minimum atomic E-state index is -0.303. The summed E-state index contributed by atoms with van der Waals surface area (Å²) in [5.41, 5.74) is 0.456. The number of esters is 1. The number of unbranched alkanes of at least 4 members (excludes halogenated alkanes) is 3. The van der Waals surface area contributed by atoms with Gasteiger partial charge in [-0.05, 0) is 19.9 Å². The number of nitrogens with one attached hydrogen (secondary N) is 1. The van der Waals surface area contributed by atoms with E-state index in [4.69, 9.17) is 4.74 Å². The number of carbonyl (C=O) groups excluding carboxylic acids is 1. The zero-order valence-corrected chi connectivity index (χ0v) is 9.97. The van der Waals surface area contributed by atoms with E-state index in [1.807, 2.05) is 0 Å². The van der Waals surface area contributed by atoms with Gasteiger partial charge in [0.1, 0.15) is 6.61 Å². The Morgan fingerprint density at radius 1 is 1.27 bits per heavy atom. The van der Waals surface area contributed by atoms with Gasteiger partial charge in [-0.25, -0.2) is 4.79 Å². The number of hydrogen-bond donors (Lipinski definition) is 1. The van der Waals surface area contributed by atoms with Gasteiger partial charge in [0.25, 0.3) is 0 Å². The van der Waals surface area contributed by atoms with Crippen LogP contribution in [0.25, 0.3) is 0 Å². The first kappa shape index (κ1) is 14.2. The summed E-state index contributed by atoms with van der Waals surface area (Å²) < 4.78 is 4.93. The van der Waals surface area contributed by atoms with Crippen molar-refractivity contribution < 1.29 is 9.53 Å². The molecular weight excluding hydrogens is 190 g/mol. The van der Waals surface area contributed by atoms with Gasteiger partial charge in [0.05, 0.1) is 0 Å². The van der Waals surface area contributed by atoms with Crippen LogP contribution >= 0.6 is 0 Å². The van der Waals surface area contributed by atoms with Crippen LogP contribution in [0.4, 0.5) is 0 Å². The molecule has 3 heteroatoms. The van der Waals surface area contributed by atoms with Crippen LogP contribution < -0.4 is 5.32 Å². The quantitative estimate of drug-likeness (QED) is 0.363. The second-order valence-electron chi connectivity index (χ2n) is 3.73. The average molecular weight is 213 g/mol. The van der Waals surface area contributed by atoms with E-state index in [1.54, 1.807) is 6.92 Å². The van der Waals surface area contributed by atoms with Crippen molar-refractivity contribution in [1.29, 1.82) is 0 Å². The van der Waals surface area contributed by atoms with Crippen LogP contribution in [-0.4, -0.2) is 25.7 Å². The highest BCUT2D eigenvalue weighted by Gasteiger charge is 2.01. The van der Waals surface area contributed by atoms with Crippen molar-refractivity contribution in [3.63, 3.8) is 0 Å². The predicted molar refractivity (Wildman–Crippen MR) is 62.8 cm³/mol. The number of rotatable bonds is 9. The minimum Gasteiger partial charge on any atom is -0.461 e. The van der Waals surface area contributed by atoms with E-state index in [-0.39, 0.29) is 5.97 Å². The van der Waals surface area contributed by atoms with Crippen LogP contribution in [0.15, 0.2) is 12.2 Å². The maximum atomic E-state index is 11.0. The van der Waals surface area contributed by atoms with Crippen molar-refractivity contribution in [3.05, 3.63) is 12.2 Å². The van der Waals surface area contributed by atoms with Crippen LogP contribution in [0.3, 0.4) is 0 Å². The topological polar surface area (TPSA) is 38.3 Å². The van der Waals surface area contributed by atoms with Crippen molar-refractivity contribution >= 4 is 5.97 Å². The number of hydrogen-bond acceptors (Lipinski definition) is 3. The number of ether oxygens (including phenoxy) is 1. The molecule has 0 aromatic heterocycles. The van der Waals surface area contributed by atoms with Gasteiger partial charge in [-0.3, -0.25) is 0 Å². The molecule has 0 aromatic rings. The van der Waals surface area contributed by atoms with Crippen molar-refractivity contribution in [1.82, 2.24) is 5.32 Å². The maximum absolute atomic E-state index is 11.0. The van der Waals surface area contributed by atoms with E-state index >= 15 is 0 Å². The van der Waals surface area contributed by atoms with E-state index < -0.39 is 0 Å². The minimum absolute atomic E-state index is 0.303. The van der Waals surface area contributed by atoms with E-state index in [9.17, 15) is 4.79 Å². The Bertz CT molecular complexity index is 190. The molecule has 0 radical (unpaired) electrons. The van der Waals surface area contributed by atoms with Gasteiger partial charge in [0.15, 0.2) is 0 Å². The standard InChI is InChI=1S/C12H23NO2/c1-4-5-6-7-8-13-9-10-15-12(14)11(2)3/h13H,2,4-10H2,1,3H3. The first-order chi connectivity index (χ1) is 7.18. The molecule has 15 heavy (non-hydrogen) atoms. The second kappa shape index (κ2) is 9.71. The molecule has 1 N–H and O–H groups in total. The molecule has 0 rings (SSSR count). The van der Waals surface area contributed by atoms with E-state index in [2.05, 4.69) is 18.8 Å². The maximum Gasteiger partial charge on any atom is 0.333 e. The van der Waals surface area contributed by atoms with Gasteiger partial charge < -0.3 is 10.1 Å². The third-order valence-corrected chi connectivity index (χ3v) is 2.07. The monoisotopic (exact) mass is 213 g/mol. The van der Waals surface area contributed by atoms with E-state index in [1.165, 1.54) is 25.7 Å². The first-order valence-corrected chi connectivity index (χ1v) is 5.71. The Morgan fingerprint density at radius 3 is 2.60 bits per heavy atom. The predicted octanol–water partition coefficient (Wildman–Crippen LogP) is 2.28. The highest BCUT2D eigenvalue weighted by atomic mass is 16.5. The van der Waals surface area contributed by atoms with Crippen molar-refractivity contribution in [2.75, 3.05) is 19.7 Å². The lowest BCUT2D eigenvalue weighted by molar-refractivity contribution is -0.138. The fraction of sp³-hybridized carbons (Fsp3) is 0.750. The summed E-state index contributed by atoms with van der Waals surface area (Å²) in [5.74, 6) is -0.303. The first-order valence-electron chi connectivity index (χ1n) is 5.71. The molecule has 0 amide bonds. The molecule has 0 spiro atoms. The van der Waals surface area contributed by atoms with E-state index in [0.717, 1.165) is 13.1 Å². The third kappa shape index (κ3) is 9.47. The lowest BCUT2D eigenvalue weighted by atomic mass is 10.2. The SMILES string of the molecule is C=C(C)C(=O)OCCNCCCCCC. The Morgan fingerprint density at radius 2 is 2.00 bits per heavy atom. The Balaban J connectivity index is 3.11. The van der Waals surface area contributed by atoms with Gasteiger partial charge in [-0.1, -0.05) is 32.8 Å². The zero-order valence-electron chi connectivity index (χ0n) is 9.97. The van der Waals surface area contributed by atoms with Gasteiger partial charge >= 0.3 is 5.97 Å². The molecule has 0 aromatic carbocycles. The molecule has 3 nitrogen and oxygen atoms in total. The molecule has 0 unspecified atom stereocenters. The molecule has 0 aliphatic heterocycles. The normalized spacial score (nSPS) is 10.0. The average Bonchev–Trinajstić information content (AvgIpc) is 2.21. The van der Waals surface area contributed by atoms with Crippen LogP contribution in [0.2, 0.25) is 0 Å². The zero-order chi connectivity index (χ0) is 11.5. The molecule has 0 bridgehead atoms. The molecule has 0 atom stereocenters. The van der Waals surface area contributed by atoms with Crippen molar-refractivity contribution in [2.24, 2.45) is 0 Å². The second-order valence-corrected chi connectivity index (χ2v) is 3.73. The highest BCUT2D eigenvalue weighted by Crippen LogP contribution is 1.96. The summed E-state index contributed by atoms with van der Waals surface area (Å²) in [6, 6.07) is 0. The Hall–Kier alpha value is -0.830. The molecule has 0 saturated carbocycles. The van der Waals surface area contributed by atoms with Crippen molar-refractivity contribution in [2.45, 2.75) is 39.5 Å². The van der Waals surface area contributed by atoms with Gasteiger partial charge in [0.2, 0.25) is 0 Å². The third-order valence-electron chi connectivity index (χ3n) is 2.07. The number of carbonyl (C=O) groups is 1. The van der Waals surface area contributed by atoms with Crippen LogP contribution in [0.1, 0.15) is 39.5 Å². The lowest BCUT2D eigenvalue weighted by Crippen LogP contribution is -2.22. The summed E-state index contributed by atoms with van der Waals surface area (Å²) in [7, 11) is 0. The Labute approximate surface area is 92.9 Å². The smallest absolute Gasteiger partial charge is 0.333 e. The summed E-state index contributed by atoms with van der Waals surface area (Å²) >= 11 is 0. The van der Waals surface area contributed by atoms with Crippen molar-refractivity contribution in [3.8, 4) is 0 Å². The molecule has 0 aliphatic rings. The molecule has 0 heterocycles. The van der Waals surface area contributed by atoms with Gasteiger partial charge in [-0.15, -0.1) is 0 Å². The molecule has 0 fully saturated rings. The summed E-state index contributed by atoms with van der Waals surface area (Å²) in [5, 5.41) is 3.23. The van der Waals surface area contributed by atoms with Gasteiger partial charge in [0, 0.05) is 12.1 Å².